The van der Waals surface area contributed by atoms with Gasteiger partial charge in [0.25, 0.3) is 5.91 Å². The normalized spacial score (nSPS) is 11.6. The molecule has 2 amide bonds. The van der Waals surface area contributed by atoms with Gasteiger partial charge in [0, 0.05) is 24.0 Å². The highest BCUT2D eigenvalue weighted by Crippen LogP contribution is 2.20. The number of carbonyl (C=O) groups excluding carboxylic acids is 2. The molecule has 166 valence electrons. The van der Waals surface area contributed by atoms with Gasteiger partial charge in [0.05, 0.1) is 17.7 Å². The molecule has 0 bridgehead atoms. The molecule has 8 nitrogen and oxygen atoms in total. The van der Waals surface area contributed by atoms with Crippen LogP contribution in [0, 0.1) is 0 Å². The molecule has 1 aromatic heterocycles. The minimum Gasteiger partial charge on any atom is -0.326 e. The summed E-state index contributed by atoms with van der Waals surface area (Å²) in [6.45, 7) is 0.969. The van der Waals surface area contributed by atoms with Crippen molar-refractivity contribution in [3.63, 3.8) is 0 Å². The van der Waals surface area contributed by atoms with E-state index in [1.165, 1.54) is 48.7 Å². The van der Waals surface area contributed by atoms with Crippen LogP contribution in [0.1, 0.15) is 17.4 Å². The van der Waals surface area contributed by atoms with Gasteiger partial charge in [-0.15, -0.1) is 11.3 Å². The predicted octanol–water partition coefficient (Wildman–Crippen LogP) is 3.05. The highest BCUT2D eigenvalue weighted by Gasteiger charge is 2.27. The van der Waals surface area contributed by atoms with Gasteiger partial charge in [-0.1, -0.05) is 36.4 Å². The lowest BCUT2D eigenvalue weighted by molar-refractivity contribution is -0.121. The van der Waals surface area contributed by atoms with E-state index in [4.69, 9.17) is 0 Å². The molecular weight excluding hydrogens is 448 g/mol. The van der Waals surface area contributed by atoms with Crippen molar-refractivity contribution in [2.75, 3.05) is 11.9 Å². The van der Waals surface area contributed by atoms with Crippen molar-refractivity contribution in [1.82, 2.24) is 9.73 Å². The Bertz CT molecular complexity index is 1180. The third kappa shape index (κ3) is 6.58. The van der Waals surface area contributed by atoms with Crippen LogP contribution in [0.5, 0.6) is 0 Å². The monoisotopic (exact) mass is 470 g/mol. The van der Waals surface area contributed by atoms with Crippen LogP contribution < -0.4 is 10.7 Å². The van der Waals surface area contributed by atoms with Crippen LogP contribution in [0.25, 0.3) is 0 Å². The molecular formula is C22H22N4O4S2. The molecule has 0 aliphatic heterocycles. The van der Waals surface area contributed by atoms with Gasteiger partial charge in [-0.3, -0.25) is 9.59 Å². The fourth-order valence-electron chi connectivity index (χ4n) is 2.80. The first kappa shape index (κ1) is 23.3. The second kappa shape index (κ2) is 10.8. The maximum absolute atomic E-state index is 13.3. The number of nitrogens with zero attached hydrogens (tertiary/aromatic N) is 2. The summed E-state index contributed by atoms with van der Waals surface area (Å²) in [4.78, 5) is 24.5. The lowest BCUT2D eigenvalue weighted by atomic mass is 10.2. The molecule has 3 aromatic rings. The van der Waals surface area contributed by atoms with Crippen LogP contribution in [0.2, 0.25) is 0 Å². The van der Waals surface area contributed by atoms with Crippen LogP contribution in [0.4, 0.5) is 5.69 Å². The van der Waals surface area contributed by atoms with Gasteiger partial charge >= 0.3 is 0 Å². The molecule has 1 heterocycles. The smallest absolute Gasteiger partial charge is 0.255 e. The zero-order valence-corrected chi connectivity index (χ0v) is 18.9. The number of hydrogen-bond donors (Lipinski definition) is 2. The first-order valence-corrected chi connectivity index (χ1v) is 11.9. The van der Waals surface area contributed by atoms with Crippen molar-refractivity contribution in [1.29, 1.82) is 0 Å². The predicted molar refractivity (Wildman–Crippen MR) is 125 cm³/mol. The van der Waals surface area contributed by atoms with Crippen molar-refractivity contribution in [2.45, 2.75) is 18.4 Å². The lowest BCUT2D eigenvalue weighted by Crippen LogP contribution is -2.39. The Morgan fingerprint density at radius 3 is 2.38 bits per heavy atom. The molecule has 0 aliphatic rings. The van der Waals surface area contributed by atoms with Gasteiger partial charge in [-0.05, 0) is 41.3 Å². The van der Waals surface area contributed by atoms with Gasteiger partial charge in [0.1, 0.15) is 0 Å². The minimum atomic E-state index is -4.00. The molecule has 0 aliphatic carbocycles. The number of nitrogens with one attached hydrogen (secondary N) is 2. The Labute approximate surface area is 190 Å². The summed E-state index contributed by atoms with van der Waals surface area (Å²) in [5, 5.41) is 8.37. The fraction of sp³-hybridized carbons (Fsp3) is 0.136. The van der Waals surface area contributed by atoms with Crippen molar-refractivity contribution in [2.24, 2.45) is 5.10 Å². The van der Waals surface area contributed by atoms with E-state index in [9.17, 15) is 18.0 Å². The minimum absolute atomic E-state index is 0.0115. The Morgan fingerprint density at radius 1 is 1.03 bits per heavy atom. The molecule has 0 radical (unpaired) electrons. The van der Waals surface area contributed by atoms with E-state index in [-0.39, 0.29) is 17.3 Å². The van der Waals surface area contributed by atoms with E-state index in [0.29, 0.717) is 5.69 Å². The second-order valence-electron chi connectivity index (χ2n) is 6.77. The topological polar surface area (TPSA) is 108 Å². The average Bonchev–Trinajstić information content (AvgIpc) is 3.27. The molecule has 10 heteroatoms. The quantitative estimate of drug-likeness (QED) is 0.370. The number of hydrazone groups is 1. The number of thiophene rings is 1. The van der Waals surface area contributed by atoms with Gasteiger partial charge < -0.3 is 5.32 Å². The van der Waals surface area contributed by atoms with Crippen molar-refractivity contribution in [3.8, 4) is 0 Å². The molecule has 2 aromatic carbocycles. The number of sulfonamides is 1. The first-order chi connectivity index (χ1) is 15.3. The zero-order chi connectivity index (χ0) is 23.0. The maximum atomic E-state index is 13.3. The number of benzene rings is 2. The molecule has 32 heavy (non-hydrogen) atoms. The van der Waals surface area contributed by atoms with E-state index in [0.717, 1.165) is 14.7 Å². The van der Waals surface area contributed by atoms with Crippen molar-refractivity contribution >= 4 is 45.1 Å². The summed E-state index contributed by atoms with van der Waals surface area (Å²) in [6, 6.07) is 18.5. The molecule has 0 fully saturated rings. The van der Waals surface area contributed by atoms with Gasteiger partial charge in [0.15, 0.2) is 0 Å². The average molecular weight is 471 g/mol. The summed E-state index contributed by atoms with van der Waals surface area (Å²) < 4.78 is 27.7. The zero-order valence-electron chi connectivity index (χ0n) is 17.3. The van der Waals surface area contributed by atoms with E-state index < -0.39 is 22.5 Å². The largest absolute Gasteiger partial charge is 0.326 e. The summed E-state index contributed by atoms with van der Waals surface area (Å²) in [5.41, 5.74) is 3.59. The first-order valence-electron chi connectivity index (χ1n) is 9.62. The van der Waals surface area contributed by atoms with Gasteiger partial charge in [-0.2, -0.15) is 9.41 Å². The number of amides is 2. The van der Waals surface area contributed by atoms with E-state index in [2.05, 4.69) is 15.8 Å². The standard InChI is InChI=1S/C22H22N4O4S2/c1-17(27)24-19-9-11-21(12-10-19)32(29,30)26(15-18-6-3-2-4-7-18)16-22(28)25-23-14-20-8-5-13-31-20/h2-14H,15-16H2,1H3,(H,24,27)(H,25,28). The van der Waals surface area contributed by atoms with Crippen LogP contribution in [0.15, 0.2) is 82.1 Å². The third-order valence-electron chi connectivity index (χ3n) is 4.26. The second-order valence-corrected chi connectivity index (χ2v) is 9.69. The molecule has 0 atom stereocenters. The number of hydrogen-bond acceptors (Lipinski definition) is 6. The Balaban J connectivity index is 1.79. The fourth-order valence-corrected chi connectivity index (χ4v) is 4.77. The lowest BCUT2D eigenvalue weighted by Gasteiger charge is -2.21. The molecule has 2 N–H and O–H groups in total. The van der Waals surface area contributed by atoms with E-state index in [1.807, 2.05) is 23.6 Å². The van der Waals surface area contributed by atoms with Crippen molar-refractivity contribution < 1.29 is 18.0 Å². The molecule has 0 saturated carbocycles. The van der Waals surface area contributed by atoms with Gasteiger partial charge in [-0.25, -0.2) is 13.8 Å². The molecule has 0 saturated heterocycles. The van der Waals surface area contributed by atoms with Crippen LogP contribution in [-0.2, 0) is 26.2 Å². The van der Waals surface area contributed by atoms with E-state index >= 15 is 0 Å². The third-order valence-corrected chi connectivity index (χ3v) is 6.87. The summed E-state index contributed by atoms with van der Waals surface area (Å²) in [5.74, 6) is -0.821. The maximum Gasteiger partial charge on any atom is 0.255 e. The SMILES string of the molecule is CC(=O)Nc1ccc(S(=O)(=O)N(CC(=O)NN=Cc2cccs2)Cc2ccccc2)cc1. The molecule has 3 rings (SSSR count). The van der Waals surface area contributed by atoms with Crippen molar-refractivity contribution in [3.05, 3.63) is 82.6 Å². The Hall–Kier alpha value is -3.34. The summed E-state index contributed by atoms with van der Waals surface area (Å²) in [6.07, 6.45) is 1.50. The van der Waals surface area contributed by atoms with Crippen LogP contribution >= 0.6 is 11.3 Å². The molecule has 0 unspecified atom stereocenters. The molecule has 0 spiro atoms. The number of carbonyl (C=O) groups is 2. The van der Waals surface area contributed by atoms with Crippen LogP contribution in [-0.4, -0.2) is 37.3 Å². The van der Waals surface area contributed by atoms with Crippen LogP contribution in [0.3, 0.4) is 0 Å². The van der Waals surface area contributed by atoms with Gasteiger partial charge in [0.2, 0.25) is 15.9 Å². The summed E-state index contributed by atoms with van der Waals surface area (Å²) >= 11 is 1.46. The Morgan fingerprint density at radius 2 is 1.75 bits per heavy atom. The highest BCUT2D eigenvalue weighted by atomic mass is 32.2. The number of rotatable bonds is 9. The Kier molecular flexibility index (Phi) is 7.87. The summed E-state index contributed by atoms with van der Waals surface area (Å²) in [7, 11) is -4.00. The number of anilines is 1. The highest BCUT2D eigenvalue weighted by molar-refractivity contribution is 7.89. The van der Waals surface area contributed by atoms with E-state index in [1.54, 1.807) is 24.3 Å².